The fourth-order valence-corrected chi connectivity index (χ4v) is 5.30. The number of benzene rings is 2. The second-order valence-corrected chi connectivity index (χ2v) is 9.98. The van der Waals surface area contributed by atoms with E-state index < -0.39 is 5.97 Å². The van der Waals surface area contributed by atoms with Gasteiger partial charge in [-0.3, -0.25) is 9.78 Å². The van der Waals surface area contributed by atoms with Crippen LogP contribution in [0.3, 0.4) is 0 Å². The lowest BCUT2D eigenvalue weighted by Crippen LogP contribution is -2.35. The number of nitrogens with zero attached hydrogens (tertiary/aromatic N) is 2. The van der Waals surface area contributed by atoms with Crippen LogP contribution in [0.15, 0.2) is 67.0 Å². The second-order valence-electron chi connectivity index (χ2n) is 9.98. The number of carboxylic acids is 1. The molecule has 1 aromatic heterocycles. The van der Waals surface area contributed by atoms with Crippen LogP contribution in [0.4, 0.5) is 5.69 Å². The Balaban J connectivity index is 1.21. The average Bonchev–Trinajstić information content (AvgIpc) is 3.76. The van der Waals surface area contributed by atoms with Crippen LogP contribution >= 0.6 is 0 Å². The van der Waals surface area contributed by atoms with Gasteiger partial charge < -0.3 is 19.5 Å². The Bertz CT molecular complexity index is 1170. The van der Waals surface area contributed by atoms with Crippen LogP contribution in [0.2, 0.25) is 0 Å². The average molecular weight is 487 g/mol. The van der Waals surface area contributed by atoms with E-state index in [9.17, 15) is 9.90 Å². The Morgan fingerprint density at radius 2 is 1.89 bits per heavy atom. The Hall–Kier alpha value is -3.54. The summed E-state index contributed by atoms with van der Waals surface area (Å²) in [6.45, 7) is 2.59. The summed E-state index contributed by atoms with van der Waals surface area (Å²) < 4.78 is 11.7. The summed E-state index contributed by atoms with van der Waals surface area (Å²) in [5, 5.41) is 9.33. The topological polar surface area (TPSA) is 71.9 Å². The first-order valence-electron chi connectivity index (χ1n) is 12.9. The lowest BCUT2D eigenvalue weighted by Gasteiger charge is -2.35. The zero-order chi connectivity index (χ0) is 24.9. The van der Waals surface area contributed by atoms with Gasteiger partial charge in [0, 0.05) is 48.4 Å². The van der Waals surface area contributed by atoms with Crippen LogP contribution < -0.4 is 14.4 Å². The summed E-state index contributed by atoms with van der Waals surface area (Å²) in [6, 6.07) is 18.4. The third kappa shape index (κ3) is 5.81. The fourth-order valence-electron chi connectivity index (χ4n) is 5.30. The minimum absolute atomic E-state index is 0.0890. The van der Waals surface area contributed by atoms with Crippen molar-refractivity contribution in [2.45, 2.75) is 38.0 Å². The van der Waals surface area contributed by atoms with Crippen LogP contribution in [0.1, 0.15) is 43.6 Å². The number of ether oxygens (including phenoxy) is 2. The summed E-state index contributed by atoms with van der Waals surface area (Å²) in [4.78, 5) is 18.1. The number of piperidine rings is 1. The molecular weight excluding hydrogens is 452 g/mol. The number of pyridine rings is 1. The summed E-state index contributed by atoms with van der Waals surface area (Å²) in [6.07, 6.45) is 8.24. The van der Waals surface area contributed by atoms with Gasteiger partial charge in [-0.05, 0) is 79.3 Å². The van der Waals surface area contributed by atoms with Crippen molar-refractivity contribution in [1.29, 1.82) is 0 Å². The number of rotatable bonds is 10. The first kappa shape index (κ1) is 24.2. The maximum atomic E-state index is 11.4. The first-order chi connectivity index (χ1) is 17.6. The monoisotopic (exact) mass is 486 g/mol. The van der Waals surface area contributed by atoms with Gasteiger partial charge in [0.2, 0.25) is 0 Å². The van der Waals surface area contributed by atoms with Gasteiger partial charge in [-0.1, -0.05) is 18.2 Å². The highest BCUT2D eigenvalue weighted by Crippen LogP contribution is 2.45. The highest BCUT2D eigenvalue weighted by molar-refractivity contribution is 5.79. The van der Waals surface area contributed by atoms with E-state index in [0.29, 0.717) is 18.4 Å². The van der Waals surface area contributed by atoms with Gasteiger partial charge in [-0.2, -0.15) is 0 Å². The van der Waals surface area contributed by atoms with Gasteiger partial charge in [0.15, 0.2) is 0 Å². The summed E-state index contributed by atoms with van der Waals surface area (Å²) in [7, 11) is 1.70. The third-order valence-electron chi connectivity index (χ3n) is 7.49. The van der Waals surface area contributed by atoms with E-state index in [4.69, 9.17) is 9.47 Å². The fraction of sp³-hybridized carbons (Fsp3) is 0.400. The molecule has 0 radical (unpaired) electrons. The Labute approximate surface area is 212 Å². The van der Waals surface area contributed by atoms with Crippen LogP contribution in [-0.4, -0.2) is 42.9 Å². The standard InChI is InChI=1S/C30H34N2O4/c1-35-25-9-10-27(24-5-3-13-31-19-24)29(17-25)32-14-11-21(12-15-32)20-36-26-6-2-4-23(16-26)28(18-30(33)34)22-7-8-22/h2-6,9-10,13,16-17,19,21-22,28H,7-8,11-12,14-15,18,20H2,1H3,(H,33,34). The lowest BCUT2D eigenvalue weighted by molar-refractivity contribution is -0.137. The molecule has 1 saturated carbocycles. The van der Waals surface area contributed by atoms with Crippen molar-refractivity contribution in [3.63, 3.8) is 0 Å². The van der Waals surface area contributed by atoms with E-state index in [1.807, 2.05) is 36.5 Å². The molecule has 36 heavy (non-hydrogen) atoms. The van der Waals surface area contributed by atoms with E-state index in [1.165, 1.54) is 11.3 Å². The largest absolute Gasteiger partial charge is 0.497 e. The SMILES string of the molecule is COc1ccc(-c2cccnc2)c(N2CCC(COc3cccc(C(CC(=O)O)C4CC4)c3)CC2)c1. The van der Waals surface area contributed by atoms with Crippen molar-refractivity contribution in [2.24, 2.45) is 11.8 Å². The van der Waals surface area contributed by atoms with E-state index >= 15 is 0 Å². The van der Waals surface area contributed by atoms with Gasteiger partial charge in [-0.15, -0.1) is 0 Å². The molecule has 1 aliphatic carbocycles. The number of carbonyl (C=O) groups is 1. The number of carboxylic acid groups (broad SMARTS) is 1. The smallest absolute Gasteiger partial charge is 0.303 e. The summed E-state index contributed by atoms with van der Waals surface area (Å²) in [5.74, 6) is 2.04. The molecule has 2 aliphatic rings. The van der Waals surface area contributed by atoms with Crippen molar-refractivity contribution in [1.82, 2.24) is 4.98 Å². The number of methoxy groups -OCH3 is 1. The lowest BCUT2D eigenvalue weighted by atomic mass is 9.91. The zero-order valence-electron chi connectivity index (χ0n) is 20.8. The van der Waals surface area contributed by atoms with Crippen molar-refractivity contribution in [2.75, 3.05) is 31.7 Å². The van der Waals surface area contributed by atoms with Crippen molar-refractivity contribution in [3.8, 4) is 22.6 Å². The molecule has 5 rings (SSSR count). The Morgan fingerprint density at radius 1 is 1.06 bits per heavy atom. The zero-order valence-corrected chi connectivity index (χ0v) is 20.8. The van der Waals surface area contributed by atoms with Gasteiger partial charge in [-0.25, -0.2) is 0 Å². The highest BCUT2D eigenvalue weighted by Gasteiger charge is 2.34. The molecule has 2 fully saturated rings. The third-order valence-corrected chi connectivity index (χ3v) is 7.49. The maximum absolute atomic E-state index is 11.4. The van der Waals surface area contributed by atoms with Gasteiger partial charge in [0.05, 0.1) is 20.1 Å². The van der Waals surface area contributed by atoms with E-state index in [1.54, 1.807) is 13.3 Å². The molecule has 3 aromatic rings. The molecule has 1 saturated heterocycles. The highest BCUT2D eigenvalue weighted by atomic mass is 16.5. The van der Waals surface area contributed by atoms with Crippen LogP contribution in [0.25, 0.3) is 11.1 Å². The van der Waals surface area contributed by atoms with E-state index in [-0.39, 0.29) is 12.3 Å². The van der Waals surface area contributed by atoms with Crippen LogP contribution in [0, 0.1) is 11.8 Å². The Kier molecular flexibility index (Phi) is 7.40. The van der Waals surface area contributed by atoms with Crippen molar-refractivity contribution >= 4 is 11.7 Å². The molecule has 6 heteroatoms. The van der Waals surface area contributed by atoms with Crippen LogP contribution in [-0.2, 0) is 4.79 Å². The number of anilines is 1. The van der Waals surface area contributed by atoms with Gasteiger partial charge in [0.25, 0.3) is 0 Å². The number of hydrogen-bond acceptors (Lipinski definition) is 5. The predicted octanol–water partition coefficient (Wildman–Crippen LogP) is 6.02. The molecule has 2 aromatic carbocycles. The molecule has 1 aliphatic heterocycles. The molecule has 0 amide bonds. The van der Waals surface area contributed by atoms with E-state index in [0.717, 1.165) is 61.4 Å². The molecule has 1 N–H and O–H groups in total. The van der Waals surface area contributed by atoms with Gasteiger partial charge >= 0.3 is 5.97 Å². The number of hydrogen-bond donors (Lipinski definition) is 1. The molecule has 188 valence electrons. The summed E-state index contributed by atoms with van der Waals surface area (Å²) >= 11 is 0. The molecule has 0 spiro atoms. The normalized spacial score (nSPS) is 17.0. The van der Waals surface area contributed by atoms with Crippen LogP contribution in [0.5, 0.6) is 11.5 Å². The van der Waals surface area contributed by atoms with Gasteiger partial charge in [0.1, 0.15) is 11.5 Å². The molecule has 6 nitrogen and oxygen atoms in total. The second kappa shape index (κ2) is 11.0. The quantitative estimate of drug-likeness (QED) is 0.378. The number of aromatic nitrogens is 1. The first-order valence-corrected chi connectivity index (χ1v) is 12.9. The molecule has 1 unspecified atom stereocenters. The number of aliphatic carboxylic acids is 1. The van der Waals surface area contributed by atoms with Crippen molar-refractivity contribution < 1.29 is 19.4 Å². The minimum Gasteiger partial charge on any atom is -0.497 e. The Morgan fingerprint density at radius 3 is 2.58 bits per heavy atom. The maximum Gasteiger partial charge on any atom is 0.303 e. The molecule has 0 bridgehead atoms. The van der Waals surface area contributed by atoms with Crippen molar-refractivity contribution in [3.05, 3.63) is 72.6 Å². The van der Waals surface area contributed by atoms with E-state index in [2.05, 4.69) is 34.1 Å². The molecule has 2 heterocycles. The molecule has 1 atom stereocenters. The minimum atomic E-state index is -0.729. The predicted molar refractivity (Wildman–Crippen MR) is 141 cm³/mol. The molecular formula is C30H34N2O4. The summed E-state index contributed by atoms with van der Waals surface area (Å²) in [5.41, 5.74) is 4.54.